The molecule has 0 aliphatic carbocycles. The van der Waals surface area contributed by atoms with Gasteiger partial charge in [-0.05, 0) is 37.8 Å². The Morgan fingerprint density at radius 3 is 2.78 bits per heavy atom. The van der Waals surface area contributed by atoms with Crippen LogP contribution >= 0.6 is 0 Å². The Hall–Kier alpha value is -1.31. The summed E-state index contributed by atoms with van der Waals surface area (Å²) < 4.78 is 0. The maximum atomic E-state index is 12.3. The minimum absolute atomic E-state index is 0.00130. The Kier molecular flexibility index (Phi) is 4.05. The van der Waals surface area contributed by atoms with E-state index in [-0.39, 0.29) is 12.0 Å². The molecule has 1 aromatic carbocycles. The molecule has 1 aliphatic rings. The fraction of sp³-hybridized carbons (Fsp3) is 0.562. The third kappa shape index (κ3) is 2.43. The quantitative estimate of drug-likeness (QED) is 0.810. The Bertz CT molecular complexity index is 427. The van der Waals surface area contributed by atoms with Crippen LogP contribution in [0.1, 0.15) is 39.2 Å². The van der Waals surface area contributed by atoms with Crippen molar-refractivity contribution in [2.45, 2.75) is 46.1 Å². The van der Waals surface area contributed by atoms with E-state index in [0.29, 0.717) is 5.78 Å². The van der Waals surface area contributed by atoms with Gasteiger partial charge >= 0.3 is 0 Å². The van der Waals surface area contributed by atoms with Gasteiger partial charge in [0.05, 0.1) is 6.04 Å². The van der Waals surface area contributed by atoms with E-state index in [1.165, 1.54) is 11.3 Å². The second kappa shape index (κ2) is 5.55. The van der Waals surface area contributed by atoms with Gasteiger partial charge in [0, 0.05) is 18.2 Å². The lowest BCUT2D eigenvalue weighted by Crippen LogP contribution is -2.44. The molecular weight excluding hydrogens is 222 g/mol. The lowest BCUT2D eigenvalue weighted by molar-refractivity contribution is -0.123. The first-order chi connectivity index (χ1) is 8.65. The first kappa shape index (κ1) is 13.1. The molecule has 0 amide bonds. The number of hydrogen-bond acceptors (Lipinski definition) is 2. The molecule has 98 valence electrons. The van der Waals surface area contributed by atoms with E-state index < -0.39 is 0 Å². The van der Waals surface area contributed by atoms with Crippen LogP contribution in [0.3, 0.4) is 0 Å². The molecule has 18 heavy (non-hydrogen) atoms. The van der Waals surface area contributed by atoms with Crippen molar-refractivity contribution in [3.63, 3.8) is 0 Å². The molecule has 2 nitrogen and oxygen atoms in total. The predicted molar refractivity (Wildman–Crippen MR) is 76.0 cm³/mol. The molecule has 0 spiro atoms. The van der Waals surface area contributed by atoms with E-state index in [2.05, 4.69) is 43.0 Å². The van der Waals surface area contributed by atoms with Crippen LogP contribution < -0.4 is 4.90 Å². The normalized spacial score (nSPS) is 18.1. The number of fused-ring (bicyclic) bond motifs is 1. The monoisotopic (exact) mass is 245 g/mol. The highest BCUT2D eigenvalue weighted by Gasteiger charge is 2.27. The molecule has 1 heterocycles. The fourth-order valence-corrected chi connectivity index (χ4v) is 2.73. The highest BCUT2D eigenvalue weighted by atomic mass is 16.1. The molecule has 0 saturated carbocycles. The Morgan fingerprint density at radius 1 is 1.33 bits per heavy atom. The zero-order chi connectivity index (χ0) is 13.1. The van der Waals surface area contributed by atoms with Crippen LogP contribution in [0.4, 0.5) is 5.69 Å². The van der Waals surface area contributed by atoms with Crippen molar-refractivity contribution in [3.8, 4) is 0 Å². The SMILES string of the molecule is CCC(C)C(=O)C(C)N1CCCc2ccccc21. The Balaban J connectivity index is 2.22. The van der Waals surface area contributed by atoms with Gasteiger partial charge in [-0.2, -0.15) is 0 Å². The number of benzene rings is 1. The van der Waals surface area contributed by atoms with Crippen molar-refractivity contribution < 1.29 is 4.79 Å². The summed E-state index contributed by atoms with van der Waals surface area (Å²) in [5.41, 5.74) is 2.64. The van der Waals surface area contributed by atoms with Gasteiger partial charge in [0.1, 0.15) is 0 Å². The van der Waals surface area contributed by atoms with Crippen molar-refractivity contribution in [1.29, 1.82) is 0 Å². The summed E-state index contributed by atoms with van der Waals surface area (Å²) in [4.78, 5) is 14.6. The molecule has 0 radical (unpaired) electrons. The number of hydrogen-bond donors (Lipinski definition) is 0. The van der Waals surface area contributed by atoms with Crippen molar-refractivity contribution in [3.05, 3.63) is 29.8 Å². The molecule has 2 unspecified atom stereocenters. The number of ketones is 1. The van der Waals surface area contributed by atoms with Crippen LogP contribution in [-0.2, 0) is 11.2 Å². The highest BCUT2D eigenvalue weighted by Crippen LogP contribution is 2.29. The van der Waals surface area contributed by atoms with E-state index >= 15 is 0 Å². The first-order valence-electron chi connectivity index (χ1n) is 7.03. The van der Waals surface area contributed by atoms with Gasteiger partial charge in [0.15, 0.2) is 5.78 Å². The second-order valence-electron chi connectivity index (χ2n) is 5.31. The number of carbonyl (C=O) groups excluding carboxylic acids is 1. The summed E-state index contributed by atoms with van der Waals surface area (Å²) in [7, 11) is 0. The minimum atomic E-state index is 0.00130. The first-order valence-corrected chi connectivity index (χ1v) is 7.03. The number of nitrogens with zero attached hydrogens (tertiary/aromatic N) is 1. The predicted octanol–water partition coefficient (Wildman–Crippen LogP) is 3.44. The van der Waals surface area contributed by atoms with E-state index in [4.69, 9.17) is 0 Å². The van der Waals surface area contributed by atoms with Crippen LogP contribution in [0.2, 0.25) is 0 Å². The van der Waals surface area contributed by atoms with Gasteiger partial charge < -0.3 is 4.90 Å². The molecule has 0 N–H and O–H groups in total. The number of rotatable bonds is 4. The second-order valence-corrected chi connectivity index (χ2v) is 5.31. The Labute approximate surface area is 110 Å². The smallest absolute Gasteiger partial charge is 0.157 e. The van der Waals surface area contributed by atoms with E-state index in [1.54, 1.807) is 0 Å². The van der Waals surface area contributed by atoms with Crippen molar-refractivity contribution in [1.82, 2.24) is 0 Å². The number of Topliss-reactive ketones (excluding diaryl/α,β-unsaturated/α-hetero) is 1. The van der Waals surface area contributed by atoms with Gasteiger partial charge in [-0.25, -0.2) is 0 Å². The molecule has 0 aromatic heterocycles. The van der Waals surface area contributed by atoms with E-state index in [1.807, 2.05) is 6.92 Å². The number of carbonyl (C=O) groups is 1. The zero-order valence-corrected chi connectivity index (χ0v) is 11.6. The molecule has 1 aromatic rings. The van der Waals surface area contributed by atoms with E-state index in [9.17, 15) is 4.79 Å². The topological polar surface area (TPSA) is 20.3 Å². The van der Waals surface area contributed by atoms with E-state index in [0.717, 1.165) is 25.8 Å². The lowest BCUT2D eigenvalue weighted by Gasteiger charge is -2.36. The van der Waals surface area contributed by atoms with Crippen molar-refractivity contribution in [2.24, 2.45) is 5.92 Å². The number of anilines is 1. The summed E-state index contributed by atoms with van der Waals surface area (Å²) in [5.74, 6) is 0.531. The average Bonchev–Trinajstić information content (AvgIpc) is 2.44. The molecule has 2 atom stereocenters. The minimum Gasteiger partial charge on any atom is -0.362 e. The summed E-state index contributed by atoms with van der Waals surface area (Å²) in [6.45, 7) is 7.17. The highest BCUT2D eigenvalue weighted by molar-refractivity contribution is 5.89. The standard InChI is InChI=1S/C16H23NO/c1-4-12(2)16(18)13(3)17-11-7-9-14-8-5-6-10-15(14)17/h5-6,8,10,12-13H,4,7,9,11H2,1-3H3. The zero-order valence-electron chi connectivity index (χ0n) is 11.6. The van der Waals surface area contributed by atoms with Crippen molar-refractivity contribution in [2.75, 3.05) is 11.4 Å². The average molecular weight is 245 g/mol. The Morgan fingerprint density at radius 2 is 2.06 bits per heavy atom. The summed E-state index contributed by atoms with van der Waals surface area (Å²) in [6, 6.07) is 8.49. The van der Waals surface area contributed by atoms with Crippen LogP contribution in [0.15, 0.2) is 24.3 Å². The van der Waals surface area contributed by atoms with Gasteiger partial charge in [0.2, 0.25) is 0 Å². The van der Waals surface area contributed by atoms with Crippen LogP contribution in [0.5, 0.6) is 0 Å². The van der Waals surface area contributed by atoms with Gasteiger partial charge in [-0.15, -0.1) is 0 Å². The fourth-order valence-electron chi connectivity index (χ4n) is 2.73. The largest absolute Gasteiger partial charge is 0.362 e. The molecule has 1 aliphatic heterocycles. The summed E-state index contributed by atoms with van der Waals surface area (Å²) in [6.07, 6.45) is 3.21. The van der Waals surface area contributed by atoms with Gasteiger partial charge in [0.25, 0.3) is 0 Å². The molecule has 2 heteroatoms. The molecule has 0 fully saturated rings. The van der Waals surface area contributed by atoms with Gasteiger partial charge in [-0.3, -0.25) is 4.79 Å². The summed E-state index contributed by atoms with van der Waals surface area (Å²) >= 11 is 0. The maximum Gasteiger partial charge on any atom is 0.157 e. The van der Waals surface area contributed by atoms with Crippen LogP contribution in [-0.4, -0.2) is 18.4 Å². The molecule has 0 saturated heterocycles. The van der Waals surface area contributed by atoms with Gasteiger partial charge in [-0.1, -0.05) is 32.0 Å². The maximum absolute atomic E-state index is 12.3. The van der Waals surface area contributed by atoms with Crippen LogP contribution in [0.25, 0.3) is 0 Å². The molecule has 0 bridgehead atoms. The third-order valence-electron chi connectivity index (χ3n) is 4.12. The third-order valence-corrected chi connectivity index (χ3v) is 4.12. The molecule has 2 rings (SSSR count). The summed E-state index contributed by atoms with van der Waals surface area (Å²) in [5, 5.41) is 0. The van der Waals surface area contributed by atoms with Crippen LogP contribution in [0, 0.1) is 5.92 Å². The molecular formula is C16H23NO. The lowest BCUT2D eigenvalue weighted by atomic mass is 9.94. The van der Waals surface area contributed by atoms with Crippen molar-refractivity contribution >= 4 is 11.5 Å². The number of aryl methyl sites for hydroxylation is 1. The number of para-hydroxylation sites is 1.